The lowest BCUT2D eigenvalue weighted by atomic mass is 10.1. The molecule has 0 atom stereocenters. The highest BCUT2D eigenvalue weighted by atomic mass is 19.1. The molecule has 0 bridgehead atoms. The van der Waals surface area contributed by atoms with Gasteiger partial charge in [0.25, 0.3) is 0 Å². The fraction of sp³-hybridized carbons (Fsp3) is 0.500. The van der Waals surface area contributed by atoms with E-state index >= 15 is 0 Å². The van der Waals surface area contributed by atoms with Crippen molar-refractivity contribution in [3.8, 4) is 0 Å². The molecule has 1 aromatic carbocycles. The number of anilines is 2. The summed E-state index contributed by atoms with van der Waals surface area (Å²) in [4.78, 5) is 25.9. The van der Waals surface area contributed by atoms with Crippen LogP contribution < -0.4 is 15.2 Å². The number of amides is 2. The van der Waals surface area contributed by atoms with Gasteiger partial charge in [-0.3, -0.25) is 14.6 Å². The minimum atomic E-state index is -0.340. The highest BCUT2D eigenvalue weighted by molar-refractivity contribution is 5.99. The number of carbonyl (C=O) groups excluding carboxylic acids is 2. The molecule has 0 spiro atoms. The summed E-state index contributed by atoms with van der Waals surface area (Å²) >= 11 is 0. The van der Waals surface area contributed by atoms with Crippen LogP contribution in [0.15, 0.2) is 18.2 Å². The normalized spacial score (nSPS) is 19.2. The lowest BCUT2D eigenvalue weighted by Crippen LogP contribution is -2.50. The number of rotatable bonds is 3. The Hall–Kier alpha value is -2.15. The molecule has 2 aliphatic rings. The third kappa shape index (κ3) is 3.14. The summed E-state index contributed by atoms with van der Waals surface area (Å²) < 4.78 is 14.5. The Morgan fingerprint density at radius 2 is 1.78 bits per heavy atom. The summed E-state index contributed by atoms with van der Waals surface area (Å²) in [5.41, 5.74) is 1.05. The molecule has 3 rings (SSSR count). The number of imide groups is 1. The minimum Gasteiger partial charge on any atom is -0.367 e. The average molecular weight is 320 g/mol. The maximum absolute atomic E-state index is 14.5. The van der Waals surface area contributed by atoms with Crippen LogP contribution in [0.1, 0.15) is 19.3 Å². The Labute approximate surface area is 134 Å². The van der Waals surface area contributed by atoms with Gasteiger partial charge in [0.1, 0.15) is 5.82 Å². The quantitative estimate of drug-likeness (QED) is 0.846. The van der Waals surface area contributed by atoms with Gasteiger partial charge in [-0.2, -0.15) is 5.01 Å². The summed E-state index contributed by atoms with van der Waals surface area (Å²) in [6.45, 7) is 3.18. The smallest absolute Gasteiger partial charge is 0.248 e. The third-order valence-electron chi connectivity index (χ3n) is 4.32. The number of benzene rings is 1. The maximum atomic E-state index is 14.5. The first kappa shape index (κ1) is 15.7. The first-order valence-electron chi connectivity index (χ1n) is 7.92. The summed E-state index contributed by atoms with van der Waals surface area (Å²) in [6, 6.07) is 4.84. The molecule has 124 valence electrons. The predicted octanol–water partition coefficient (Wildman–Crippen LogP) is 1.13. The van der Waals surface area contributed by atoms with Gasteiger partial charge in [0.15, 0.2) is 0 Å². The fourth-order valence-corrected chi connectivity index (χ4v) is 3.05. The summed E-state index contributed by atoms with van der Waals surface area (Å²) in [7, 11) is 1.61. The molecule has 7 heteroatoms. The number of halogens is 1. The van der Waals surface area contributed by atoms with Crippen molar-refractivity contribution in [2.75, 3.05) is 43.1 Å². The van der Waals surface area contributed by atoms with E-state index in [4.69, 9.17) is 0 Å². The number of nitrogens with zero attached hydrogens (tertiary/aromatic N) is 3. The molecular weight excluding hydrogens is 299 g/mol. The van der Waals surface area contributed by atoms with Crippen molar-refractivity contribution in [3.63, 3.8) is 0 Å². The summed E-state index contributed by atoms with van der Waals surface area (Å²) in [5.74, 6) is -0.821. The molecule has 0 aliphatic carbocycles. The maximum Gasteiger partial charge on any atom is 0.248 e. The monoisotopic (exact) mass is 320 g/mol. The van der Waals surface area contributed by atoms with Crippen LogP contribution in [0.5, 0.6) is 0 Å². The van der Waals surface area contributed by atoms with Crippen LogP contribution >= 0.6 is 0 Å². The van der Waals surface area contributed by atoms with E-state index in [2.05, 4.69) is 5.32 Å². The van der Waals surface area contributed by atoms with Gasteiger partial charge in [-0.1, -0.05) is 0 Å². The zero-order valence-corrected chi connectivity index (χ0v) is 13.2. The lowest BCUT2D eigenvalue weighted by molar-refractivity contribution is -0.148. The molecule has 0 unspecified atom stereocenters. The van der Waals surface area contributed by atoms with E-state index in [1.807, 2.05) is 4.90 Å². The van der Waals surface area contributed by atoms with Gasteiger partial charge in [-0.15, -0.1) is 0 Å². The van der Waals surface area contributed by atoms with Crippen LogP contribution in [0.25, 0.3) is 0 Å². The number of hydrazine groups is 1. The van der Waals surface area contributed by atoms with Crippen molar-refractivity contribution in [1.29, 1.82) is 0 Å². The van der Waals surface area contributed by atoms with Crippen molar-refractivity contribution in [2.45, 2.75) is 19.3 Å². The van der Waals surface area contributed by atoms with Crippen LogP contribution in [-0.4, -0.2) is 50.0 Å². The molecular formula is C16H21FN4O2. The van der Waals surface area contributed by atoms with Gasteiger partial charge in [0.2, 0.25) is 11.8 Å². The van der Waals surface area contributed by atoms with Crippen molar-refractivity contribution < 1.29 is 14.0 Å². The lowest BCUT2D eigenvalue weighted by Gasteiger charge is -2.35. The molecule has 2 heterocycles. The largest absolute Gasteiger partial charge is 0.367 e. The molecule has 2 amide bonds. The standard InChI is InChI=1S/C16H21FN4O2/c1-19(21-15(22)3-2-4-16(21)23)12-5-6-14(13(17)11-12)20-9-7-18-8-10-20/h5-6,11,18H,2-4,7-10H2,1H3. The topological polar surface area (TPSA) is 55.9 Å². The van der Waals surface area contributed by atoms with Crippen LogP contribution in [0.4, 0.5) is 15.8 Å². The van der Waals surface area contributed by atoms with Crippen molar-refractivity contribution in [1.82, 2.24) is 10.3 Å². The van der Waals surface area contributed by atoms with E-state index in [9.17, 15) is 14.0 Å². The predicted molar refractivity (Wildman–Crippen MR) is 85.6 cm³/mol. The highest BCUT2D eigenvalue weighted by Crippen LogP contribution is 2.27. The Kier molecular flexibility index (Phi) is 4.47. The average Bonchev–Trinajstić information content (AvgIpc) is 2.55. The Morgan fingerprint density at radius 3 is 2.39 bits per heavy atom. The zero-order valence-electron chi connectivity index (χ0n) is 13.2. The number of piperidine rings is 1. The van der Waals surface area contributed by atoms with Crippen molar-refractivity contribution >= 4 is 23.2 Å². The molecule has 23 heavy (non-hydrogen) atoms. The summed E-state index contributed by atoms with van der Waals surface area (Å²) in [5, 5.41) is 5.79. The van der Waals surface area contributed by atoms with E-state index in [-0.39, 0.29) is 17.6 Å². The van der Waals surface area contributed by atoms with Gasteiger partial charge >= 0.3 is 0 Å². The Morgan fingerprint density at radius 1 is 1.13 bits per heavy atom. The molecule has 1 aromatic rings. The van der Waals surface area contributed by atoms with E-state index in [0.717, 1.165) is 31.2 Å². The van der Waals surface area contributed by atoms with Crippen LogP contribution in [0, 0.1) is 5.82 Å². The van der Waals surface area contributed by atoms with E-state index in [0.29, 0.717) is 30.6 Å². The second-order valence-electron chi connectivity index (χ2n) is 5.85. The van der Waals surface area contributed by atoms with Crippen molar-refractivity contribution in [3.05, 3.63) is 24.0 Å². The van der Waals surface area contributed by atoms with Gasteiger partial charge in [0.05, 0.1) is 11.4 Å². The number of carbonyl (C=O) groups is 2. The number of nitrogens with one attached hydrogen (secondary N) is 1. The van der Waals surface area contributed by atoms with Crippen LogP contribution in [0.3, 0.4) is 0 Å². The van der Waals surface area contributed by atoms with Crippen molar-refractivity contribution in [2.24, 2.45) is 0 Å². The molecule has 2 saturated heterocycles. The molecule has 6 nitrogen and oxygen atoms in total. The molecule has 2 fully saturated rings. The Balaban J connectivity index is 1.81. The van der Waals surface area contributed by atoms with Gasteiger partial charge < -0.3 is 10.2 Å². The second kappa shape index (κ2) is 6.54. The highest BCUT2D eigenvalue weighted by Gasteiger charge is 2.30. The second-order valence-corrected chi connectivity index (χ2v) is 5.85. The van der Waals surface area contributed by atoms with E-state index in [1.54, 1.807) is 19.2 Å². The number of piperazine rings is 1. The molecule has 0 aromatic heterocycles. The van der Waals surface area contributed by atoms with Gasteiger partial charge in [-0.25, -0.2) is 4.39 Å². The summed E-state index contributed by atoms with van der Waals surface area (Å²) in [6.07, 6.45) is 1.27. The first-order chi connectivity index (χ1) is 11.1. The fourth-order valence-electron chi connectivity index (χ4n) is 3.05. The Bertz CT molecular complexity index is 600. The molecule has 2 aliphatic heterocycles. The zero-order chi connectivity index (χ0) is 16.4. The SMILES string of the molecule is CN(c1ccc(N2CCNCC2)c(F)c1)N1C(=O)CCCC1=O. The number of hydrogen-bond acceptors (Lipinski definition) is 5. The van der Waals surface area contributed by atoms with E-state index < -0.39 is 0 Å². The van der Waals surface area contributed by atoms with Crippen LogP contribution in [0.2, 0.25) is 0 Å². The molecule has 1 N–H and O–H groups in total. The van der Waals surface area contributed by atoms with Crippen LogP contribution in [-0.2, 0) is 9.59 Å². The first-order valence-corrected chi connectivity index (χ1v) is 7.92. The third-order valence-corrected chi connectivity index (χ3v) is 4.32. The van der Waals surface area contributed by atoms with Gasteiger partial charge in [0, 0.05) is 52.1 Å². The molecule has 0 radical (unpaired) electrons. The van der Waals surface area contributed by atoms with E-state index in [1.165, 1.54) is 11.1 Å². The minimum absolute atomic E-state index is 0.240. The number of hydrogen-bond donors (Lipinski definition) is 1. The molecule has 0 saturated carbocycles. The van der Waals surface area contributed by atoms with Gasteiger partial charge in [-0.05, 0) is 18.6 Å².